The second-order valence-electron chi connectivity index (χ2n) is 4.82. The predicted molar refractivity (Wildman–Crippen MR) is 90.0 cm³/mol. The summed E-state index contributed by atoms with van der Waals surface area (Å²) >= 11 is 11.7. The smallest absolute Gasteiger partial charge is 0.256 e. The Hall–Kier alpha value is -2.37. The Balaban J connectivity index is 1.75. The standard InChI is InChI=1S/C16H12Cl2N4O/c17-13-3-1-11(2-4-13)10-22-15(6-8-20-22)21-16(23)12-5-7-19-14(18)9-12/h1-9H,10H2,(H,21,23). The molecule has 116 valence electrons. The van der Waals surface area contributed by atoms with Gasteiger partial charge in [0.2, 0.25) is 0 Å². The summed E-state index contributed by atoms with van der Waals surface area (Å²) in [4.78, 5) is 16.1. The lowest BCUT2D eigenvalue weighted by atomic mass is 10.2. The quantitative estimate of drug-likeness (QED) is 0.729. The zero-order chi connectivity index (χ0) is 16.2. The Bertz CT molecular complexity index is 830. The molecule has 0 atom stereocenters. The van der Waals surface area contributed by atoms with Gasteiger partial charge in [0.1, 0.15) is 11.0 Å². The molecule has 2 heterocycles. The number of rotatable bonds is 4. The van der Waals surface area contributed by atoms with Gasteiger partial charge in [-0.1, -0.05) is 35.3 Å². The molecule has 3 aromatic rings. The van der Waals surface area contributed by atoms with Gasteiger partial charge in [-0.25, -0.2) is 9.67 Å². The van der Waals surface area contributed by atoms with Gasteiger partial charge in [0.15, 0.2) is 0 Å². The van der Waals surface area contributed by atoms with Crippen LogP contribution in [0.4, 0.5) is 5.82 Å². The fraction of sp³-hybridized carbons (Fsp3) is 0.0625. The van der Waals surface area contributed by atoms with Crippen LogP contribution in [0, 0.1) is 0 Å². The summed E-state index contributed by atoms with van der Waals surface area (Å²) in [5.41, 5.74) is 1.46. The Kier molecular flexibility index (Phi) is 4.60. The zero-order valence-corrected chi connectivity index (χ0v) is 13.4. The minimum Gasteiger partial charge on any atom is -0.307 e. The van der Waals surface area contributed by atoms with E-state index in [9.17, 15) is 4.79 Å². The summed E-state index contributed by atoms with van der Waals surface area (Å²) in [5.74, 6) is 0.324. The average Bonchev–Trinajstić information content (AvgIpc) is 2.96. The summed E-state index contributed by atoms with van der Waals surface area (Å²) in [5, 5.41) is 7.99. The molecule has 0 aliphatic rings. The largest absolute Gasteiger partial charge is 0.307 e. The number of pyridine rings is 1. The van der Waals surface area contributed by atoms with E-state index in [1.807, 2.05) is 24.3 Å². The number of benzene rings is 1. The molecule has 0 bridgehead atoms. The van der Waals surface area contributed by atoms with E-state index < -0.39 is 0 Å². The first kappa shape index (κ1) is 15.5. The fourth-order valence-corrected chi connectivity index (χ4v) is 2.36. The first-order chi connectivity index (χ1) is 11.1. The van der Waals surface area contributed by atoms with Gasteiger partial charge >= 0.3 is 0 Å². The van der Waals surface area contributed by atoms with Gasteiger partial charge in [-0.2, -0.15) is 5.10 Å². The molecule has 0 saturated heterocycles. The number of hydrogen-bond donors (Lipinski definition) is 1. The lowest BCUT2D eigenvalue weighted by molar-refractivity contribution is 0.102. The molecule has 3 rings (SSSR count). The molecule has 0 radical (unpaired) electrons. The van der Waals surface area contributed by atoms with E-state index in [1.54, 1.807) is 23.0 Å². The first-order valence-electron chi connectivity index (χ1n) is 6.81. The van der Waals surface area contributed by atoms with Crippen molar-refractivity contribution in [3.8, 4) is 0 Å². The average molecular weight is 347 g/mol. The van der Waals surface area contributed by atoms with Crippen LogP contribution in [0.5, 0.6) is 0 Å². The molecule has 2 aromatic heterocycles. The molecule has 0 fully saturated rings. The van der Waals surface area contributed by atoms with Gasteiger partial charge in [0.25, 0.3) is 5.91 Å². The van der Waals surface area contributed by atoms with Crippen molar-refractivity contribution in [1.29, 1.82) is 0 Å². The van der Waals surface area contributed by atoms with E-state index in [0.29, 0.717) is 22.9 Å². The second-order valence-corrected chi connectivity index (χ2v) is 5.65. The highest BCUT2D eigenvalue weighted by Crippen LogP contribution is 2.15. The van der Waals surface area contributed by atoms with Crippen molar-refractivity contribution in [2.24, 2.45) is 0 Å². The van der Waals surface area contributed by atoms with Gasteiger partial charge in [0, 0.05) is 22.8 Å². The summed E-state index contributed by atoms with van der Waals surface area (Å²) in [7, 11) is 0. The third-order valence-electron chi connectivity index (χ3n) is 3.19. The Morgan fingerprint density at radius 1 is 1.09 bits per heavy atom. The highest BCUT2D eigenvalue weighted by Gasteiger charge is 2.10. The number of carbonyl (C=O) groups excluding carboxylic acids is 1. The Labute approximate surface area is 142 Å². The lowest BCUT2D eigenvalue weighted by Crippen LogP contribution is -2.16. The van der Waals surface area contributed by atoms with Crippen LogP contribution in [-0.4, -0.2) is 20.7 Å². The van der Waals surface area contributed by atoms with Crippen molar-refractivity contribution < 1.29 is 4.79 Å². The van der Waals surface area contributed by atoms with Gasteiger partial charge in [-0.3, -0.25) is 4.79 Å². The maximum absolute atomic E-state index is 12.3. The highest BCUT2D eigenvalue weighted by atomic mass is 35.5. The fourth-order valence-electron chi connectivity index (χ4n) is 2.06. The zero-order valence-electron chi connectivity index (χ0n) is 11.9. The number of amides is 1. The number of hydrogen-bond acceptors (Lipinski definition) is 3. The molecule has 0 saturated carbocycles. The minimum atomic E-state index is -0.271. The maximum atomic E-state index is 12.3. The number of anilines is 1. The number of nitrogens with one attached hydrogen (secondary N) is 1. The summed E-state index contributed by atoms with van der Waals surface area (Å²) < 4.78 is 1.70. The maximum Gasteiger partial charge on any atom is 0.256 e. The van der Waals surface area contributed by atoms with E-state index in [4.69, 9.17) is 23.2 Å². The van der Waals surface area contributed by atoms with Gasteiger partial charge in [-0.15, -0.1) is 0 Å². The minimum absolute atomic E-state index is 0.271. The number of halogens is 2. The Morgan fingerprint density at radius 2 is 1.87 bits per heavy atom. The normalized spacial score (nSPS) is 10.5. The summed E-state index contributed by atoms with van der Waals surface area (Å²) in [6.07, 6.45) is 3.12. The van der Waals surface area contributed by atoms with E-state index >= 15 is 0 Å². The number of carbonyl (C=O) groups is 1. The predicted octanol–water partition coefficient (Wildman–Crippen LogP) is 3.89. The molecule has 23 heavy (non-hydrogen) atoms. The first-order valence-corrected chi connectivity index (χ1v) is 7.56. The van der Waals surface area contributed by atoms with Gasteiger partial charge in [0.05, 0.1) is 12.7 Å². The van der Waals surface area contributed by atoms with Gasteiger partial charge in [-0.05, 0) is 29.8 Å². The SMILES string of the molecule is O=C(Nc1ccnn1Cc1ccc(Cl)cc1)c1ccnc(Cl)c1. The molecule has 0 aliphatic heterocycles. The molecular formula is C16H12Cl2N4O. The molecule has 0 unspecified atom stereocenters. The van der Waals surface area contributed by atoms with Crippen LogP contribution in [0.3, 0.4) is 0 Å². The van der Waals surface area contributed by atoms with E-state index in [0.717, 1.165) is 5.56 Å². The van der Waals surface area contributed by atoms with Crippen molar-refractivity contribution in [2.75, 3.05) is 5.32 Å². The molecule has 5 nitrogen and oxygen atoms in total. The van der Waals surface area contributed by atoms with E-state index in [2.05, 4.69) is 15.4 Å². The van der Waals surface area contributed by atoms with Crippen molar-refractivity contribution in [3.63, 3.8) is 0 Å². The summed E-state index contributed by atoms with van der Waals surface area (Å²) in [6, 6.07) is 12.3. The Morgan fingerprint density at radius 3 is 2.61 bits per heavy atom. The van der Waals surface area contributed by atoms with Crippen LogP contribution in [0.2, 0.25) is 10.2 Å². The molecular weight excluding hydrogens is 335 g/mol. The second kappa shape index (κ2) is 6.81. The molecule has 7 heteroatoms. The van der Waals surface area contributed by atoms with Crippen LogP contribution in [0.15, 0.2) is 54.9 Å². The number of nitrogens with zero attached hydrogens (tertiary/aromatic N) is 3. The monoisotopic (exact) mass is 346 g/mol. The van der Waals surface area contributed by atoms with Crippen molar-refractivity contribution in [3.05, 3.63) is 76.2 Å². The van der Waals surface area contributed by atoms with Crippen LogP contribution < -0.4 is 5.32 Å². The lowest BCUT2D eigenvalue weighted by Gasteiger charge is -2.09. The van der Waals surface area contributed by atoms with Gasteiger partial charge < -0.3 is 5.32 Å². The highest BCUT2D eigenvalue weighted by molar-refractivity contribution is 6.30. The van der Waals surface area contributed by atoms with Crippen LogP contribution in [-0.2, 0) is 6.54 Å². The summed E-state index contributed by atoms with van der Waals surface area (Å²) in [6.45, 7) is 0.525. The molecule has 1 amide bonds. The van der Waals surface area contributed by atoms with Crippen LogP contribution >= 0.6 is 23.2 Å². The molecule has 0 spiro atoms. The van der Waals surface area contributed by atoms with Crippen LogP contribution in [0.25, 0.3) is 0 Å². The van der Waals surface area contributed by atoms with E-state index in [1.165, 1.54) is 12.3 Å². The number of aromatic nitrogens is 3. The van der Waals surface area contributed by atoms with Crippen LogP contribution in [0.1, 0.15) is 15.9 Å². The molecule has 1 aromatic carbocycles. The van der Waals surface area contributed by atoms with Crippen molar-refractivity contribution in [2.45, 2.75) is 6.54 Å². The van der Waals surface area contributed by atoms with Crippen molar-refractivity contribution >= 4 is 34.9 Å². The molecule has 1 N–H and O–H groups in total. The third kappa shape index (κ3) is 3.88. The van der Waals surface area contributed by atoms with E-state index in [-0.39, 0.29) is 11.1 Å². The molecule has 0 aliphatic carbocycles. The third-order valence-corrected chi connectivity index (χ3v) is 3.65. The van der Waals surface area contributed by atoms with Crippen molar-refractivity contribution in [1.82, 2.24) is 14.8 Å². The topological polar surface area (TPSA) is 59.8 Å².